The van der Waals surface area contributed by atoms with E-state index in [1.165, 1.54) is 5.56 Å². The van der Waals surface area contributed by atoms with Crippen LogP contribution in [0.4, 0.5) is 0 Å². The lowest BCUT2D eigenvalue weighted by molar-refractivity contribution is -0.139. The normalized spacial score (nSPS) is 11.9. The van der Waals surface area contributed by atoms with Crippen LogP contribution in [0.2, 0.25) is 0 Å². The van der Waals surface area contributed by atoms with Crippen LogP contribution in [-0.4, -0.2) is 29.6 Å². The van der Waals surface area contributed by atoms with Gasteiger partial charge in [0.05, 0.1) is 12.5 Å². The SMILES string of the molecule is Cc1cccc(CCNC(=O)C(N)CC(=O)O)c1. The molecule has 0 bridgehead atoms. The van der Waals surface area contributed by atoms with Crippen LogP contribution in [0.1, 0.15) is 17.5 Å². The number of aryl methyl sites for hydroxylation is 1. The molecule has 5 nitrogen and oxygen atoms in total. The number of amides is 1. The number of hydrogen-bond acceptors (Lipinski definition) is 3. The molecule has 1 atom stereocenters. The summed E-state index contributed by atoms with van der Waals surface area (Å²) in [4.78, 5) is 21.8. The van der Waals surface area contributed by atoms with Gasteiger partial charge >= 0.3 is 5.97 Å². The number of carboxylic acid groups (broad SMARTS) is 1. The molecular weight excluding hydrogens is 232 g/mol. The van der Waals surface area contributed by atoms with Crippen molar-refractivity contribution in [2.45, 2.75) is 25.8 Å². The summed E-state index contributed by atoms with van der Waals surface area (Å²) >= 11 is 0. The summed E-state index contributed by atoms with van der Waals surface area (Å²) in [7, 11) is 0. The predicted molar refractivity (Wildman–Crippen MR) is 68.1 cm³/mol. The molecular formula is C13H18N2O3. The Morgan fingerprint density at radius 1 is 1.44 bits per heavy atom. The van der Waals surface area contributed by atoms with Crippen molar-refractivity contribution in [2.75, 3.05) is 6.54 Å². The molecule has 5 heteroatoms. The number of benzene rings is 1. The lowest BCUT2D eigenvalue weighted by atomic mass is 10.1. The van der Waals surface area contributed by atoms with E-state index in [0.29, 0.717) is 13.0 Å². The second-order valence-corrected chi connectivity index (χ2v) is 4.23. The Hall–Kier alpha value is -1.88. The molecule has 18 heavy (non-hydrogen) atoms. The van der Waals surface area contributed by atoms with Crippen molar-refractivity contribution in [2.24, 2.45) is 5.73 Å². The number of carbonyl (C=O) groups excluding carboxylic acids is 1. The van der Waals surface area contributed by atoms with Gasteiger partial charge in [0.15, 0.2) is 0 Å². The molecule has 0 aliphatic rings. The van der Waals surface area contributed by atoms with Crippen LogP contribution in [0, 0.1) is 6.92 Å². The Balaban J connectivity index is 2.33. The molecule has 0 spiro atoms. The second kappa shape index (κ2) is 6.76. The van der Waals surface area contributed by atoms with Gasteiger partial charge in [0.1, 0.15) is 0 Å². The minimum Gasteiger partial charge on any atom is -0.481 e. The topological polar surface area (TPSA) is 92.4 Å². The van der Waals surface area contributed by atoms with E-state index in [4.69, 9.17) is 10.8 Å². The molecule has 1 amide bonds. The van der Waals surface area contributed by atoms with E-state index in [9.17, 15) is 9.59 Å². The highest BCUT2D eigenvalue weighted by molar-refractivity contribution is 5.85. The first-order valence-corrected chi connectivity index (χ1v) is 5.79. The van der Waals surface area contributed by atoms with E-state index < -0.39 is 17.9 Å². The van der Waals surface area contributed by atoms with E-state index in [1.807, 2.05) is 31.2 Å². The summed E-state index contributed by atoms with van der Waals surface area (Å²) in [5.41, 5.74) is 7.72. The number of carboxylic acids is 1. The molecule has 0 fully saturated rings. The predicted octanol–water partition coefficient (Wildman–Crippen LogP) is 0.456. The highest BCUT2D eigenvalue weighted by Crippen LogP contribution is 2.03. The van der Waals surface area contributed by atoms with Crippen LogP contribution in [0.25, 0.3) is 0 Å². The first-order chi connectivity index (χ1) is 8.49. The van der Waals surface area contributed by atoms with Gasteiger partial charge in [-0.2, -0.15) is 0 Å². The standard InChI is InChI=1S/C13H18N2O3/c1-9-3-2-4-10(7-9)5-6-15-13(18)11(14)8-12(16)17/h2-4,7,11H,5-6,8,14H2,1H3,(H,15,18)(H,16,17). The van der Waals surface area contributed by atoms with Crippen LogP contribution >= 0.6 is 0 Å². The lowest BCUT2D eigenvalue weighted by Crippen LogP contribution is -2.42. The minimum atomic E-state index is -1.07. The maximum absolute atomic E-state index is 11.4. The van der Waals surface area contributed by atoms with Crippen molar-refractivity contribution in [3.05, 3.63) is 35.4 Å². The Kier molecular flexibility index (Phi) is 5.32. The molecule has 0 heterocycles. The van der Waals surface area contributed by atoms with Gasteiger partial charge in [-0.3, -0.25) is 9.59 Å². The summed E-state index contributed by atoms with van der Waals surface area (Å²) < 4.78 is 0. The van der Waals surface area contributed by atoms with Gasteiger partial charge < -0.3 is 16.2 Å². The van der Waals surface area contributed by atoms with Gasteiger partial charge in [-0.05, 0) is 18.9 Å². The molecule has 1 aromatic carbocycles. The molecule has 0 saturated carbocycles. The van der Waals surface area contributed by atoms with Crippen LogP contribution in [0.3, 0.4) is 0 Å². The van der Waals surface area contributed by atoms with Gasteiger partial charge in [0, 0.05) is 6.54 Å². The van der Waals surface area contributed by atoms with E-state index in [-0.39, 0.29) is 6.42 Å². The largest absolute Gasteiger partial charge is 0.481 e. The Morgan fingerprint density at radius 2 is 2.17 bits per heavy atom. The van der Waals surface area contributed by atoms with Crippen molar-refractivity contribution in [3.8, 4) is 0 Å². The summed E-state index contributed by atoms with van der Waals surface area (Å²) in [6.07, 6.45) is 0.351. The Labute approximate surface area is 106 Å². The molecule has 0 aliphatic carbocycles. The van der Waals surface area contributed by atoms with Crippen molar-refractivity contribution in [1.29, 1.82) is 0 Å². The van der Waals surface area contributed by atoms with Gasteiger partial charge in [-0.1, -0.05) is 29.8 Å². The van der Waals surface area contributed by atoms with E-state index in [2.05, 4.69) is 5.32 Å². The molecule has 4 N–H and O–H groups in total. The summed E-state index contributed by atoms with van der Waals surface area (Å²) in [5.74, 6) is -1.50. The molecule has 1 rings (SSSR count). The van der Waals surface area contributed by atoms with Crippen LogP contribution < -0.4 is 11.1 Å². The van der Waals surface area contributed by atoms with Crippen LogP contribution in [0.5, 0.6) is 0 Å². The van der Waals surface area contributed by atoms with Gasteiger partial charge in [-0.25, -0.2) is 0 Å². The number of hydrogen-bond donors (Lipinski definition) is 3. The third-order valence-electron chi connectivity index (χ3n) is 2.53. The Bertz CT molecular complexity index is 432. The van der Waals surface area contributed by atoms with E-state index in [1.54, 1.807) is 0 Å². The Morgan fingerprint density at radius 3 is 2.78 bits per heavy atom. The maximum atomic E-state index is 11.4. The molecule has 1 unspecified atom stereocenters. The second-order valence-electron chi connectivity index (χ2n) is 4.23. The van der Waals surface area contributed by atoms with Gasteiger partial charge in [-0.15, -0.1) is 0 Å². The zero-order chi connectivity index (χ0) is 13.5. The molecule has 98 valence electrons. The summed E-state index contributed by atoms with van der Waals surface area (Å²) in [6, 6.07) is 7.01. The summed E-state index contributed by atoms with van der Waals surface area (Å²) in [5, 5.41) is 11.1. The van der Waals surface area contributed by atoms with Crippen LogP contribution in [-0.2, 0) is 16.0 Å². The average Bonchev–Trinajstić information content (AvgIpc) is 2.28. The maximum Gasteiger partial charge on any atom is 0.305 e. The third kappa shape index (κ3) is 4.97. The molecule has 0 radical (unpaired) electrons. The first kappa shape index (κ1) is 14.2. The number of rotatable bonds is 6. The highest BCUT2D eigenvalue weighted by atomic mass is 16.4. The van der Waals surface area contributed by atoms with Crippen LogP contribution in [0.15, 0.2) is 24.3 Å². The fraction of sp³-hybridized carbons (Fsp3) is 0.385. The fourth-order valence-electron chi connectivity index (χ4n) is 1.61. The number of nitrogens with one attached hydrogen (secondary N) is 1. The van der Waals surface area contributed by atoms with Crippen molar-refractivity contribution >= 4 is 11.9 Å². The first-order valence-electron chi connectivity index (χ1n) is 5.79. The molecule has 0 aliphatic heterocycles. The van der Waals surface area contributed by atoms with Gasteiger partial charge in [0.25, 0.3) is 0 Å². The van der Waals surface area contributed by atoms with E-state index >= 15 is 0 Å². The highest BCUT2D eigenvalue weighted by Gasteiger charge is 2.16. The van der Waals surface area contributed by atoms with Crippen molar-refractivity contribution < 1.29 is 14.7 Å². The zero-order valence-electron chi connectivity index (χ0n) is 10.3. The number of nitrogens with two attached hydrogens (primary N) is 1. The number of carbonyl (C=O) groups is 2. The number of aliphatic carboxylic acids is 1. The van der Waals surface area contributed by atoms with Gasteiger partial charge in [0.2, 0.25) is 5.91 Å². The fourth-order valence-corrected chi connectivity index (χ4v) is 1.61. The quantitative estimate of drug-likeness (QED) is 0.683. The lowest BCUT2D eigenvalue weighted by Gasteiger charge is -2.10. The molecule has 0 saturated heterocycles. The average molecular weight is 250 g/mol. The van der Waals surface area contributed by atoms with Crippen molar-refractivity contribution in [1.82, 2.24) is 5.32 Å². The molecule has 0 aromatic heterocycles. The third-order valence-corrected chi connectivity index (χ3v) is 2.53. The van der Waals surface area contributed by atoms with E-state index in [0.717, 1.165) is 5.56 Å². The summed E-state index contributed by atoms with van der Waals surface area (Å²) in [6.45, 7) is 2.46. The van der Waals surface area contributed by atoms with Crippen molar-refractivity contribution in [3.63, 3.8) is 0 Å². The molecule has 1 aromatic rings. The monoisotopic (exact) mass is 250 g/mol. The minimum absolute atomic E-state index is 0.351. The smallest absolute Gasteiger partial charge is 0.305 e. The zero-order valence-corrected chi connectivity index (χ0v) is 10.3.